The predicted octanol–water partition coefficient (Wildman–Crippen LogP) is 1.55. The summed E-state index contributed by atoms with van der Waals surface area (Å²) in [7, 11) is 0. The number of ether oxygens (including phenoxy) is 6. The summed E-state index contributed by atoms with van der Waals surface area (Å²) in [6.07, 6.45) is -0.209. The van der Waals surface area contributed by atoms with E-state index in [4.69, 9.17) is 33.5 Å². The summed E-state index contributed by atoms with van der Waals surface area (Å²) in [5.41, 5.74) is 1.67. The highest BCUT2D eigenvalue weighted by Gasteiger charge is 2.21. The van der Waals surface area contributed by atoms with Crippen molar-refractivity contribution in [3.63, 3.8) is 0 Å². The van der Waals surface area contributed by atoms with Crippen molar-refractivity contribution in [3.8, 4) is 0 Å². The Kier molecular flexibility index (Phi) is 29.4. The van der Waals surface area contributed by atoms with Crippen molar-refractivity contribution < 1.29 is 67.1 Å². The Morgan fingerprint density at radius 1 is 0.468 bits per heavy atom. The van der Waals surface area contributed by atoms with Gasteiger partial charge in [0.2, 0.25) is 23.6 Å². The number of rotatable bonds is 35. The number of carbonyl (C=O) groups is 7. The lowest BCUT2D eigenvalue weighted by Gasteiger charge is -2.18. The maximum Gasteiger partial charge on any atom is 0.408 e. The Morgan fingerprint density at radius 3 is 1.34 bits per heavy atom. The molecule has 0 aliphatic carbocycles. The zero-order valence-electron chi connectivity index (χ0n) is 35.2. The molecular weight excluding hydrogens is 812 g/mol. The van der Waals surface area contributed by atoms with Gasteiger partial charge in [-0.2, -0.15) is 0 Å². The van der Waals surface area contributed by atoms with Gasteiger partial charge in [0.1, 0.15) is 19.3 Å². The highest BCUT2D eigenvalue weighted by molar-refractivity contribution is 5.85. The molecule has 20 nitrogen and oxygen atoms in total. The average Bonchev–Trinajstić information content (AvgIpc) is 3.27. The molecule has 6 amide bonds. The summed E-state index contributed by atoms with van der Waals surface area (Å²) in [5, 5.41) is 24.5. The van der Waals surface area contributed by atoms with Crippen LogP contribution in [0.15, 0.2) is 60.7 Å². The number of alkyl carbamates (subject to hydrolysis) is 2. The van der Waals surface area contributed by atoms with Crippen LogP contribution in [0.5, 0.6) is 0 Å². The normalized spacial score (nSPS) is 11.1. The molecular formula is C42H62N6O14. The fraction of sp³-hybridized carbons (Fsp3) is 0.548. The molecule has 0 unspecified atom stereocenters. The number of unbranched alkanes of at least 4 members (excludes halogenated alkanes) is 1. The third-order valence-electron chi connectivity index (χ3n) is 8.36. The first-order valence-corrected chi connectivity index (χ1v) is 20.6. The highest BCUT2D eigenvalue weighted by atomic mass is 16.6. The number of nitrogens with one attached hydrogen (secondary N) is 6. The summed E-state index contributed by atoms with van der Waals surface area (Å²) in [6, 6.07) is 17.6. The van der Waals surface area contributed by atoms with Gasteiger partial charge in [0.25, 0.3) is 0 Å². The molecule has 0 heterocycles. The van der Waals surface area contributed by atoms with Gasteiger partial charge in [-0.05, 0) is 30.4 Å². The maximum atomic E-state index is 13.0. The second-order valence-electron chi connectivity index (χ2n) is 13.4. The molecule has 0 aliphatic rings. The molecule has 20 heteroatoms. The molecule has 0 fully saturated rings. The van der Waals surface area contributed by atoms with Crippen LogP contribution in [0.2, 0.25) is 0 Å². The van der Waals surface area contributed by atoms with Crippen molar-refractivity contribution in [2.24, 2.45) is 0 Å². The number of carboxylic acids is 1. The number of carboxylic acid groups (broad SMARTS) is 1. The van der Waals surface area contributed by atoms with Crippen LogP contribution in [-0.2, 0) is 65.6 Å². The molecule has 2 aromatic rings. The van der Waals surface area contributed by atoms with Crippen molar-refractivity contribution in [1.82, 2.24) is 31.9 Å². The van der Waals surface area contributed by atoms with Gasteiger partial charge in [0.15, 0.2) is 0 Å². The molecule has 2 rings (SSSR count). The van der Waals surface area contributed by atoms with Gasteiger partial charge in [0, 0.05) is 52.0 Å². The third kappa shape index (κ3) is 29.4. The van der Waals surface area contributed by atoms with Crippen LogP contribution >= 0.6 is 0 Å². The Labute approximate surface area is 361 Å². The zero-order chi connectivity index (χ0) is 44.9. The molecule has 344 valence electrons. The number of benzene rings is 2. The minimum Gasteiger partial charge on any atom is -0.481 e. The van der Waals surface area contributed by atoms with Gasteiger partial charge in [0.05, 0.1) is 59.3 Å². The largest absolute Gasteiger partial charge is 0.481 e. The van der Waals surface area contributed by atoms with Gasteiger partial charge in [-0.15, -0.1) is 0 Å². The van der Waals surface area contributed by atoms with E-state index in [1.807, 2.05) is 60.7 Å². The first-order chi connectivity index (χ1) is 30.1. The van der Waals surface area contributed by atoms with Crippen LogP contribution in [-0.4, -0.2) is 139 Å². The van der Waals surface area contributed by atoms with E-state index in [1.54, 1.807) is 0 Å². The van der Waals surface area contributed by atoms with Gasteiger partial charge >= 0.3 is 18.2 Å². The van der Waals surface area contributed by atoms with Crippen molar-refractivity contribution >= 4 is 41.8 Å². The molecule has 0 saturated heterocycles. The molecule has 0 bridgehead atoms. The lowest BCUT2D eigenvalue weighted by Crippen LogP contribution is -2.47. The molecule has 0 aromatic heterocycles. The van der Waals surface area contributed by atoms with Gasteiger partial charge < -0.3 is 65.4 Å². The van der Waals surface area contributed by atoms with Crippen molar-refractivity contribution in [2.75, 3.05) is 85.6 Å². The van der Waals surface area contributed by atoms with Crippen molar-refractivity contribution in [1.29, 1.82) is 0 Å². The van der Waals surface area contributed by atoms with Gasteiger partial charge in [-0.1, -0.05) is 60.7 Å². The van der Waals surface area contributed by atoms with Crippen LogP contribution in [0.1, 0.15) is 56.1 Å². The number of carbonyl (C=O) groups excluding carboxylic acids is 6. The van der Waals surface area contributed by atoms with E-state index in [0.717, 1.165) is 11.1 Å². The molecule has 2 aromatic carbocycles. The minimum atomic E-state index is -1.03. The van der Waals surface area contributed by atoms with Crippen LogP contribution in [0, 0.1) is 0 Å². The van der Waals surface area contributed by atoms with Crippen molar-refractivity contribution in [3.05, 3.63) is 71.8 Å². The number of amides is 6. The monoisotopic (exact) mass is 874 g/mol. The number of aliphatic carboxylic acids is 1. The lowest BCUT2D eigenvalue weighted by atomic mass is 10.1. The first kappa shape index (κ1) is 52.3. The minimum absolute atomic E-state index is 0.0106. The third-order valence-corrected chi connectivity index (χ3v) is 8.36. The van der Waals surface area contributed by atoms with Crippen molar-refractivity contribution in [2.45, 2.75) is 64.2 Å². The number of hydrogen-bond donors (Lipinski definition) is 7. The lowest BCUT2D eigenvalue weighted by molar-refractivity contribution is -0.138. The summed E-state index contributed by atoms with van der Waals surface area (Å²) < 4.78 is 32.2. The average molecular weight is 875 g/mol. The smallest absolute Gasteiger partial charge is 0.408 e. The van der Waals surface area contributed by atoms with Gasteiger partial charge in [-0.3, -0.25) is 24.0 Å². The summed E-state index contributed by atoms with van der Waals surface area (Å²) in [6.45, 7) is 3.48. The molecule has 0 aliphatic heterocycles. The van der Waals surface area contributed by atoms with E-state index in [9.17, 15) is 33.6 Å². The Balaban J connectivity index is 1.48. The molecule has 62 heavy (non-hydrogen) atoms. The van der Waals surface area contributed by atoms with E-state index in [-0.39, 0.29) is 136 Å². The second kappa shape index (κ2) is 34.8. The molecule has 1 atom stereocenters. The second-order valence-corrected chi connectivity index (χ2v) is 13.4. The molecule has 7 N–H and O–H groups in total. The summed E-state index contributed by atoms with van der Waals surface area (Å²) >= 11 is 0. The maximum absolute atomic E-state index is 13.0. The highest BCUT2D eigenvalue weighted by Crippen LogP contribution is 2.05. The van der Waals surface area contributed by atoms with E-state index in [0.29, 0.717) is 25.8 Å². The van der Waals surface area contributed by atoms with Crippen LogP contribution in [0.3, 0.4) is 0 Å². The molecule has 0 radical (unpaired) electrons. The van der Waals surface area contributed by atoms with E-state index in [2.05, 4.69) is 31.9 Å². The van der Waals surface area contributed by atoms with Crippen LogP contribution in [0.25, 0.3) is 0 Å². The Hall–Kier alpha value is -5.83. The molecule has 0 spiro atoms. The molecule has 0 saturated carbocycles. The zero-order valence-corrected chi connectivity index (χ0v) is 35.2. The quantitative estimate of drug-likeness (QED) is 0.0485. The Bertz CT molecular complexity index is 1590. The fourth-order valence-corrected chi connectivity index (χ4v) is 5.13. The predicted molar refractivity (Wildman–Crippen MR) is 223 cm³/mol. The van der Waals surface area contributed by atoms with Crippen LogP contribution in [0.4, 0.5) is 9.59 Å². The van der Waals surface area contributed by atoms with E-state index >= 15 is 0 Å². The summed E-state index contributed by atoms with van der Waals surface area (Å²) in [5.74, 6) is -2.39. The van der Waals surface area contributed by atoms with Gasteiger partial charge in [-0.25, -0.2) is 9.59 Å². The topological polar surface area (TPSA) is 267 Å². The van der Waals surface area contributed by atoms with E-state index < -0.39 is 30.1 Å². The fourth-order valence-electron chi connectivity index (χ4n) is 5.13. The summed E-state index contributed by atoms with van der Waals surface area (Å²) in [4.78, 5) is 83.5. The van der Waals surface area contributed by atoms with E-state index in [1.165, 1.54) is 0 Å². The first-order valence-electron chi connectivity index (χ1n) is 20.6. The number of hydrogen-bond acceptors (Lipinski definition) is 13. The SMILES string of the molecule is O=C(O)CCC(=O)NCCOCCOCCNC(=O)CCC(=O)NCCOCCOCCNC(=O)[C@H](CCCCNC(=O)OCc1ccccc1)NC(=O)OCc1ccccc1. The standard InChI is InChI=1S/C42H62N6O14/c49-36(43-19-23-57-27-28-59-25-21-45-38(51)16-17-39(52)53)14-15-37(50)44-20-24-58-29-30-60-26-22-46-40(54)35(48-42(56)62-32-34-11-5-2-6-12-34)13-7-8-18-47-41(55)61-31-33-9-3-1-4-10-33/h1-6,9-12,35H,7-8,13-32H2,(H,43,49)(H,44,50)(H,45,51)(H,46,54)(H,47,55)(H,48,56)(H,52,53)/t35-/m0/s1. The van der Waals surface area contributed by atoms with Crippen LogP contribution < -0.4 is 31.9 Å². The Morgan fingerprint density at radius 2 is 0.887 bits per heavy atom.